The first-order valence-electron chi connectivity index (χ1n) is 7.93. The minimum atomic E-state index is -0.714. The van der Waals surface area contributed by atoms with Crippen LogP contribution in [0.4, 0.5) is 20.2 Å². The zero-order valence-corrected chi connectivity index (χ0v) is 16.6. The van der Waals surface area contributed by atoms with Crippen LogP contribution in [0.15, 0.2) is 64.5 Å². The highest BCUT2D eigenvalue weighted by atomic mass is 79.9. The summed E-state index contributed by atoms with van der Waals surface area (Å²) in [6.07, 6.45) is 3.46. The van der Waals surface area contributed by atoms with Crippen molar-refractivity contribution in [1.82, 2.24) is 0 Å². The van der Waals surface area contributed by atoms with Gasteiger partial charge in [0.25, 0.3) is 0 Å². The van der Waals surface area contributed by atoms with Crippen molar-refractivity contribution in [1.29, 1.82) is 0 Å². The van der Waals surface area contributed by atoms with Gasteiger partial charge in [-0.15, -0.1) is 0 Å². The molecule has 26 heavy (non-hydrogen) atoms. The lowest BCUT2D eigenvalue weighted by atomic mass is 10.1. The van der Waals surface area contributed by atoms with Crippen LogP contribution in [0.1, 0.15) is 13.8 Å². The van der Waals surface area contributed by atoms with E-state index in [9.17, 15) is 8.78 Å². The molecule has 2 aromatic rings. The average Bonchev–Trinajstić information content (AvgIpc) is 2.63. The number of hydrogen-bond acceptors (Lipinski definition) is 3. The van der Waals surface area contributed by atoms with Crippen molar-refractivity contribution in [2.75, 3.05) is 19.1 Å². The molecular formula is C20H20BrF2NO2. The Morgan fingerprint density at radius 2 is 1.65 bits per heavy atom. The topological polar surface area (TPSA) is 21.7 Å². The van der Waals surface area contributed by atoms with Gasteiger partial charge in [-0.2, -0.15) is 0 Å². The lowest BCUT2D eigenvalue weighted by Gasteiger charge is -2.30. The van der Waals surface area contributed by atoms with Crippen LogP contribution in [-0.4, -0.2) is 14.2 Å². The van der Waals surface area contributed by atoms with Crippen LogP contribution in [-0.2, 0) is 4.74 Å². The van der Waals surface area contributed by atoms with Gasteiger partial charge in [0.15, 0.2) is 11.6 Å². The second-order valence-corrected chi connectivity index (χ2v) is 6.17. The summed E-state index contributed by atoms with van der Waals surface area (Å²) in [4.78, 5) is 1.45. The molecule has 0 fully saturated rings. The van der Waals surface area contributed by atoms with E-state index in [1.54, 1.807) is 50.3 Å². The number of hydrogen-bond donors (Lipinski definition) is 0. The molecule has 2 rings (SSSR count). The molecule has 0 radical (unpaired) electrons. The van der Waals surface area contributed by atoms with E-state index in [0.717, 1.165) is 0 Å². The molecule has 0 N–H and O–H groups in total. The lowest BCUT2D eigenvalue weighted by Crippen LogP contribution is -2.22. The monoisotopic (exact) mass is 423 g/mol. The Morgan fingerprint density at radius 3 is 2.15 bits per heavy atom. The predicted molar refractivity (Wildman–Crippen MR) is 104 cm³/mol. The summed E-state index contributed by atoms with van der Waals surface area (Å²) in [5, 5.41) is 0. The van der Waals surface area contributed by atoms with Gasteiger partial charge in [0.05, 0.1) is 25.6 Å². The van der Waals surface area contributed by atoms with Gasteiger partial charge < -0.3 is 9.47 Å². The number of methoxy groups -OCH3 is 2. The smallest absolute Gasteiger partial charge is 0.151 e. The maximum absolute atomic E-state index is 14.8. The molecule has 3 nitrogen and oxygen atoms in total. The van der Waals surface area contributed by atoms with Crippen molar-refractivity contribution in [3.8, 4) is 5.75 Å². The van der Waals surface area contributed by atoms with Crippen molar-refractivity contribution in [3.63, 3.8) is 0 Å². The van der Waals surface area contributed by atoms with Gasteiger partial charge >= 0.3 is 0 Å². The summed E-state index contributed by atoms with van der Waals surface area (Å²) in [5.74, 6) is -0.484. The van der Waals surface area contributed by atoms with E-state index < -0.39 is 11.6 Å². The third-order valence-electron chi connectivity index (χ3n) is 3.78. The van der Waals surface area contributed by atoms with Crippen LogP contribution in [0.3, 0.4) is 0 Å². The fraction of sp³-hybridized carbons (Fsp3) is 0.200. The third kappa shape index (κ3) is 3.90. The van der Waals surface area contributed by atoms with Gasteiger partial charge in [0, 0.05) is 4.47 Å². The molecule has 0 aliphatic rings. The zero-order valence-electron chi connectivity index (χ0n) is 15.0. The molecule has 0 atom stereocenters. The largest absolute Gasteiger partial charge is 0.495 e. The molecular weight excluding hydrogens is 404 g/mol. The highest BCUT2D eigenvalue weighted by Gasteiger charge is 2.27. The minimum absolute atomic E-state index is 0.220. The van der Waals surface area contributed by atoms with Crippen molar-refractivity contribution in [2.45, 2.75) is 13.8 Å². The number of para-hydroxylation sites is 2. The number of anilines is 2. The summed E-state index contributed by atoms with van der Waals surface area (Å²) < 4.78 is 40.8. The van der Waals surface area contributed by atoms with Gasteiger partial charge in [-0.3, -0.25) is 4.90 Å². The Morgan fingerprint density at radius 1 is 1.04 bits per heavy atom. The van der Waals surface area contributed by atoms with E-state index >= 15 is 0 Å². The Kier molecular flexibility index (Phi) is 6.80. The molecule has 0 amide bonds. The van der Waals surface area contributed by atoms with Crippen LogP contribution in [0.5, 0.6) is 5.75 Å². The number of rotatable bonds is 6. The second kappa shape index (κ2) is 8.85. The summed E-state index contributed by atoms with van der Waals surface area (Å²) in [5.41, 5.74) is 0.751. The molecule has 0 aliphatic heterocycles. The maximum Gasteiger partial charge on any atom is 0.151 e. The summed E-state index contributed by atoms with van der Waals surface area (Å²) in [6.45, 7) is 3.56. The Hall–Kier alpha value is -2.34. The molecule has 6 heteroatoms. The van der Waals surface area contributed by atoms with Gasteiger partial charge in [0.1, 0.15) is 17.2 Å². The highest BCUT2D eigenvalue weighted by molar-refractivity contribution is 9.10. The van der Waals surface area contributed by atoms with E-state index in [1.807, 2.05) is 0 Å². The SMILES string of the molecule is C/C=C(OC)\C(=C/C)N(c1ccccc1OC)c1c(F)cc(Br)cc1F. The van der Waals surface area contributed by atoms with Crippen molar-refractivity contribution >= 4 is 27.3 Å². The second-order valence-electron chi connectivity index (χ2n) is 5.26. The fourth-order valence-corrected chi connectivity index (χ4v) is 3.09. The molecule has 0 bridgehead atoms. The lowest BCUT2D eigenvalue weighted by molar-refractivity contribution is 0.298. The van der Waals surface area contributed by atoms with E-state index in [4.69, 9.17) is 9.47 Å². The van der Waals surface area contributed by atoms with Crippen LogP contribution >= 0.6 is 15.9 Å². The molecule has 0 aromatic heterocycles. The van der Waals surface area contributed by atoms with Gasteiger partial charge in [-0.25, -0.2) is 8.78 Å². The van der Waals surface area contributed by atoms with Crippen LogP contribution in [0.25, 0.3) is 0 Å². The van der Waals surface area contributed by atoms with E-state index in [0.29, 0.717) is 27.4 Å². The fourth-order valence-electron chi connectivity index (χ4n) is 2.69. The predicted octanol–water partition coefficient (Wildman–Crippen LogP) is 6.33. The number of halogens is 3. The zero-order chi connectivity index (χ0) is 19.3. The van der Waals surface area contributed by atoms with Gasteiger partial charge in [0.2, 0.25) is 0 Å². The maximum atomic E-state index is 14.8. The van der Waals surface area contributed by atoms with Gasteiger partial charge in [-0.05, 0) is 44.2 Å². The minimum Gasteiger partial charge on any atom is -0.495 e. The van der Waals surface area contributed by atoms with Gasteiger partial charge in [-0.1, -0.05) is 34.1 Å². The van der Waals surface area contributed by atoms with Crippen LogP contribution in [0.2, 0.25) is 0 Å². The first-order chi connectivity index (χ1) is 12.5. The van der Waals surface area contributed by atoms with Crippen molar-refractivity contribution in [3.05, 3.63) is 76.1 Å². The normalized spacial score (nSPS) is 12.1. The Labute approximate surface area is 160 Å². The number of allylic oxidation sites excluding steroid dienone is 2. The summed E-state index contributed by atoms with van der Waals surface area (Å²) in [6, 6.07) is 9.46. The number of nitrogens with zero attached hydrogens (tertiary/aromatic N) is 1. The number of benzene rings is 2. The Bertz CT molecular complexity index is 826. The molecule has 0 saturated heterocycles. The Balaban J connectivity index is 2.84. The first kappa shape index (κ1) is 20.0. The van der Waals surface area contributed by atoms with E-state index in [1.165, 1.54) is 31.3 Å². The highest BCUT2D eigenvalue weighted by Crippen LogP contribution is 2.41. The molecule has 0 spiro atoms. The van der Waals surface area contributed by atoms with Crippen LogP contribution < -0.4 is 9.64 Å². The molecule has 2 aromatic carbocycles. The quantitative estimate of drug-likeness (QED) is 0.400. The number of ether oxygens (including phenoxy) is 2. The first-order valence-corrected chi connectivity index (χ1v) is 8.72. The molecule has 0 saturated carbocycles. The van der Waals surface area contributed by atoms with E-state index in [-0.39, 0.29) is 5.69 Å². The standard InChI is InChI=1S/C20H20BrF2NO2/c1-5-16(18(6-2)25-3)24(17-9-7-8-10-19(17)26-4)20-14(22)11-13(21)12-15(20)23/h5-12H,1-4H3/b16-5+,18-6+. The molecule has 0 aliphatic carbocycles. The third-order valence-corrected chi connectivity index (χ3v) is 4.24. The van der Waals surface area contributed by atoms with Crippen molar-refractivity contribution < 1.29 is 18.3 Å². The molecule has 0 unspecified atom stereocenters. The van der Waals surface area contributed by atoms with Crippen molar-refractivity contribution in [2.24, 2.45) is 0 Å². The summed E-state index contributed by atoms with van der Waals surface area (Å²) >= 11 is 3.12. The average molecular weight is 424 g/mol. The van der Waals surface area contributed by atoms with E-state index in [2.05, 4.69) is 15.9 Å². The molecule has 0 heterocycles. The molecule has 138 valence electrons. The van der Waals surface area contributed by atoms with Crippen LogP contribution in [0, 0.1) is 11.6 Å². The summed E-state index contributed by atoms with van der Waals surface area (Å²) in [7, 11) is 3.01.